The summed E-state index contributed by atoms with van der Waals surface area (Å²) in [6.07, 6.45) is -0.864. The summed E-state index contributed by atoms with van der Waals surface area (Å²) in [5, 5.41) is 10.1. The lowest BCUT2D eigenvalue weighted by Gasteiger charge is -2.39. The van der Waals surface area contributed by atoms with Gasteiger partial charge in [0.2, 0.25) is 12.3 Å². The molecule has 0 spiro atoms. The number of hydrogen-bond acceptors (Lipinski definition) is 7. The molecule has 0 aliphatic carbocycles. The van der Waals surface area contributed by atoms with E-state index in [1.165, 1.54) is 17.2 Å². The maximum absolute atomic E-state index is 14.3. The van der Waals surface area contributed by atoms with Gasteiger partial charge in [-0.2, -0.15) is 8.78 Å². The van der Waals surface area contributed by atoms with E-state index in [-0.39, 0.29) is 18.5 Å². The number of nitrogens with zero attached hydrogens (tertiary/aromatic N) is 5. The van der Waals surface area contributed by atoms with Crippen molar-refractivity contribution >= 4 is 33.7 Å². The first kappa shape index (κ1) is 22.2. The number of rotatable bonds is 8. The van der Waals surface area contributed by atoms with E-state index < -0.39 is 18.1 Å². The Labute approximate surface area is 189 Å². The molecular formula is C20H18BrF3N6O2. The number of carbonyl (C=O) groups excluding carboxylic acids is 1. The van der Waals surface area contributed by atoms with Crippen LogP contribution in [0.5, 0.6) is 0 Å². The van der Waals surface area contributed by atoms with Crippen molar-refractivity contribution in [3.8, 4) is 11.5 Å². The molecule has 1 fully saturated rings. The summed E-state index contributed by atoms with van der Waals surface area (Å²) in [6, 6.07) is 6.35. The molecule has 1 aliphatic heterocycles. The number of benzene rings is 1. The quantitative estimate of drug-likeness (QED) is 0.463. The Kier molecular flexibility index (Phi) is 6.42. The fourth-order valence-electron chi connectivity index (χ4n) is 3.22. The summed E-state index contributed by atoms with van der Waals surface area (Å²) in [7, 11) is 1.89. The molecule has 12 heteroatoms. The maximum atomic E-state index is 14.3. The summed E-state index contributed by atoms with van der Waals surface area (Å²) in [5.74, 6) is -1.35. The van der Waals surface area contributed by atoms with Crippen molar-refractivity contribution in [2.24, 2.45) is 0 Å². The lowest BCUT2D eigenvalue weighted by atomic mass is 10.1. The van der Waals surface area contributed by atoms with Crippen molar-refractivity contribution < 1.29 is 22.4 Å². The monoisotopic (exact) mass is 510 g/mol. The molecule has 0 radical (unpaired) electrons. The molecule has 1 amide bonds. The number of carbonyl (C=O) groups is 1. The first-order chi connectivity index (χ1) is 15.4. The Balaban J connectivity index is 1.58. The smallest absolute Gasteiger partial charge is 0.314 e. The highest BCUT2D eigenvalue weighted by Crippen LogP contribution is 2.35. The lowest BCUT2D eigenvalue weighted by Crippen LogP contribution is -2.56. The number of hydrogen-bond donors (Lipinski definition) is 1. The van der Waals surface area contributed by atoms with Crippen LogP contribution in [0.1, 0.15) is 18.0 Å². The molecule has 8 nitrogen and oxygen atoms in total. The third kappa shape index (κ3) is 4.46. The zero-order valence-corrected chi connectivity index (χ0v) is 18.4. The van der Waals surface area contributed by atoms with Gasteiger partial charge in [0.25, 0.3) is 5.89 Å². The SMILES string of the molecule is CN(c1cc(Br)c(F)cc1N(C=O)Cc1ccc(-c2nnc(C(F)F)o2)cn1)C1CNC1. The average Bonchev–Trinajstić information content (AvgIpc) is 3.23. The first-order valence-electron chi connectivity index (χ1n) is 9.58. The molecule has 3 aromatic rings. The minimum absolute atomic E-state index is 0.0702. The summed E-state index contributed by atoms with van der Waals surface area (Å²) in [5.41, 5.74) is 1.95. The van der Waals surface area contributed by atoms with Crippen LogP contribution in [0.15, 0.2) is 39.4 Å². The molecule has 0 bridgehead atoms. The van der Waals surface area contributed by atoms with Gasteiger partial charge in [0.05, 0.1) is 39.7 Å². The van der Waals surface area contributed by atoms with E-state index in [0.29, 0.717) is 33.5 Å². The maximum Gasteiger partial charge on any atom is 0.314 e. The van der Waals surface area contributed by atoms with Gasteiger partial charge in [-0.1, -0.05) is 0 Å². The third-order valence-corrected chi connectivity index (χ3v) is 5.78. The Hall–Kier alpha value is -2.99. The molecule has 1 saturated heterocycles. The summed E-state index contributed by atoms with van der Waals surface area (Å²) in [6.45, 7) is 1.65. The van der Waals surface area contributed by atoms with Crippen molar-refractivity contribution in [3.63, 3.8) is 0 Å². The van der Waals surface area contributed by atoms with E-state index in [1.54, 1.807) is 18.2 Å². The fraction of sp³-hybridized carbons (Fsp3) is 0.300. The van der Waals surface area contributed by atoms with E-state index in [9.17, 15) is 18.0 Å². The molecule has 168 valence electrons. The second-order valence-electron chi connectivity index (χ2n) is 7.20. The van der Waals surface area contributed by atoms with Crippen molar-refractivity contribution in [1.82, 2.24) is 20.5 Å². The highest BCUT2D eigenvalue weighted by molar-refractivity contribution is 9.10. The Morgan fingerprint density at radius 3 is 2.62 bits per heavy atom. The Morgan fingerprint density at radius 2 is 2.06 bits per heavy atom. The van der Waals surface area contributed by atoms with Gasteiger partial charge in [-0.25, -0.2) is 4.39 Å². The molecule has 1 N–H and O–H groups in total. The number of anilines is 2. The normalized spacial score (nSPS) is 13.8. The van der Waals surface area contributed by atoms with Crippen LogP contribution in [-0.2, 0) is 11.3 Å². The van der Waals surface area contributed by atoms with Gasteiger partial charge in [-0.05, 0) is 34.1 Å². The Bertz CT molecular complexity index is 1110. The molecule has 0 saturated carbocycles. The van der Waals surface area contributed by atoms with Gasteiger partial charge in [0.15, 0.2) is 0 Å². The van der Waals surface area contributed by atoms with Crippen LogP contribution in [0.25, 0.3) is 11.5 Å². The van der Waals surface area contributed by atoms with E-state index in [2.05, 4.69) is 36.4 Å². The number of nitrogens with one attached hydrogen (secondary N) is 1. The zero-order valence-electron chi connectivity index (χ0n) is 16.8. The minimum atomic E-state index is -2.86. The summed E-state index contributed by atoms with van der Waals surface area (Å²) in [4.78, 5) is 19.5. The number of likely N-dealkylation sites (N-methyl/N-ethyl adjacent to an activating group) is 1. The second-order valence-corrected chi connectivity index (χ2v) is 8.05. The van der Waals surface area contributed by atoms with Gasteiger partial charge in [-0.3, -0.25) is 9.78 Å². The van der Waals surface area contributed by atoms with Crippen molar-refractivity contribution in [2.75, 3.05) is 29.9 Å². The standard InChI is InChI=1S/C20H18BrF3N6O2/c1-29(13-7-25-8-13)16-4-14(21)15(22)5-17(16)30(10-31)9-12-3-2-11(6-26-12)19-27-28-20(32-19)18(23)24/h2-6,10,13,18,25H,7-9H2,1H3. The van der Waals surface area contributed by atoms with Crippen LogP contribution in [0.3, 0.4) is 0 Å². The first-order valence-corrected chi connectivity index (χ1v) is 10.4. The van der Waals surface area contributed by atoms with Gasteiger partial charge in [0.1, 0.15) is 5.82 Å². The van der Waals surface area contributed by atoms with Gasteiger partial charge < -0.3 is 19.5 Å². The molecule has 3 heterocycles. The largest absolute Gasteiger partial charge is 0.415 e. The van der Waals surface area contributed by atoms with Crippen molar-refractivity contribution in [3.05, 3.63) is 52.3 Å². The van der Waals surface area contributed by atoms with Crippen molar-refractivity contribution in [1.29, 1.82) is 0 Å². The van der Waals surface area contributed by atoms with Crippen LogP contribution in [0, 0.1) is 5.82 Å². The topological polar surface area (TPSA) is 87.4 Å². The molecule has 0 atom stereocenters. The van der Waals surface area contributed by atoms with Crippen LogP contribution in [-0.4, -0.2) is 47.8 Å². The molecule has 0 unspecified atom stereocenters. The van der Waals surface area contributed by atoms with Gasteiger partial charge in [0, 0.05) is 32.4 Å². The summed E-state index contributed by atoms with van der Waals surface area (Å²) >= 11 is 3.21. The number of halogens is 4. The minimum Gasteiger partial charge on any atom is -0.415 e. The summed E-state index contributed by atoms with van der Waals surface area (Å²) < 4.78 is 44.8. The van der Waals surface area contributed by atoms with Crippen molar-refractivity contribution in [2.45, 2.75) is 19.0 Å². The molecule has 1 aromatic carbocycles. The van der Waals surface area contributed by atoms with E-state index in [4.69, 9.17) is 4.42 Å². The highest BCUT2D eigenvalue weighted by Gasteiger charge is 2.26. The fourth-order valence-corrected chi connectivity index (χ4v) is 3.55. The van der Waals surface area contributed by atoms with Crippen LogP contribution in [0.2, 0.25) is 0 Å². The number of alkyl halides is 2. The van der Waals surface area contributed by atoms with Gasteiger partial charge in [-0.15, -0.1) is 10.2 Å². The molecule has 1 aliphatic rings. The lowest BCUT2D eigenvalue weighted by molar-refractivity contribution is -0.107. The number of amides is 1. The molecule has 4 rings (SSSR count). The highest BCUT2D eigenvalue weighted by atomic mass is 79.9. The second kappa shape index (κ2) is 9.25. The number of aromatic nitrogens is 3. The van der Waals surface area contributed by atoms with Gasteiger partial charge >= 0.3 is 6.43 Å². The van der Waals surface area contributed by atoms with Crippen LogP contribution >= 0.6 is 15.9 Å². The van der Waals surface area contributed by atoms with Crippen LogP contribution in [0.4, 0.5) is 24.5 Å². The predicted molar refractivity (Wildman–Crippen MR) is 114 cm³/mol. The molecule has 32 heavy (non-hydrogen) atoms. The predicted octanol–water partition coefficient (Wildman–Crippen LogP) is 3.54. The zero-order chi connectivity index (χ0) is 22.8. The average molecular weight is 511 g/mol. The van der Waals surface area contributed by atoms with E-state index in [0.717, 1.165) is 13.1 Å². The third-order valence-electron chi connectivity index (χ3n) is 5.17. The molecular weight excluding hydrogens is 493 g/mol. The van der Waals surface area contributed by atoms with Crippen LogP contribution < -0.4 is 15.1 Å². The Morgan fingerprint density at radius 1 is 1.28 bits per heavy atom. The van der Waals surface area contributed by atoms with E-state index in [1.807, 2.05) is 11.9 Å². The number of pyridine rings is 1. The van der Waals surface area contributed by atoms with E-state index >= 15 is 0 Å². The molecule has 2 aromatic heterocycles.